The van der Waals surface area contributed by atoms with Crippen molar-refractivity contribution in [3.63, 3.8) is 0 Å². The van der Waals surface area contributed by atoms with Crippen LogP contribution in [0.15, 0.2) is 54.4 Å². The fourth-order valence-corrected chi connectivity index (χ4v) is 5.25. The van der Waals surface area contributed by atoms with Crippen molar-refractivity contribution in [2.45, 2.75) is 51.2 Å². The normalized spacial score (nSPS) is 20.8. The van der Waals surface area contributed by atoms with Crippen molar-refractivity contribution in [2.24, 2.45) is 0 Å². The molecule has 0 aliphatic carbocycles. The average molecular weight is 531 g/mol. The van der Waals surface area contributed by atoms with Gasteiger partial charge in [0.25, 0.3) is 5.91 Å². The summed E-state index contributed by atoms with van der Waals surface area (Å²) in [5.74, 6) is 1.11. The molecule has 2 fully saturated rings. The molecule has 0 radical (unpaired) electrons. The van der Waals surface area contributed by atoms with E-state index in [4.69, 9.17) is 23.2 Å². The summed E-state index contributed by atoms with van der Waals surface area (Å²) in [6.07, 6.45) is 6.73. The highest BCUT2D eigenvalue weighted by Gasteiger charge is 2.20. The number of piperidine rings is 1. The van der Waals surface area contributed by atoms with Crippen LogP contribution in [-0.4, -0.2) is 55.6 Å². The SMILES string of the molecule is C[C@H]1CN(C(=CC2CCCCN2)NCc2ccc(C(=O)NCCc3ccc(Cl)cc3Cl)cc2)CCN1. The molecule has 1 amide bonds. The molecule has 2 aliphatic rings. The maximum Gasteiger partial charge on any atom is 0.251 e. The van der Waals surface area contributed by atoms with E-state index in [9.17, 15) is 4.79 Å². The third-order valence-electron chi connectivity index (χ3n) is 6.80. The predicted molar refractivity (Wildman–Crippen MR) is 149 cm³/mol. The lowest BCUT2D eigenvalue weighted by Crippen LogP contribution is -2.51. The maximum atomic E-state index is 12.6. The van der Waals surface area contributed by atoms with Crippen molar-refractivity contribution >= 4 is 29.1 Å². The highest BCUT2D eigenvalue weighted by Crippen LogP contribution is 2.21. The molecule has 0 aromatic heterocycles. The highest BCUT2D eigenvalue weighted by molar-refractivity contribution is 6.35. The third-order valence-corrected chi connectivity index (χ3v) is 7.39. The van der Waals surface area contributed by atoms with E-state index in [1.807, 2.05) is 36.4 Å². The first-order valence-electron chi connectivity index (χ1n) is 13.0. The number of nitrogens with zero attached hydrogens (tertiary/aromatic N) is 1. The molecule has 0 bridgehead atoms. The van der Waals surface area contributed by atoms with Crippen LogP contribution in [0.4, 0.5) is 0 Å². The van der Waals surface area contributed by atoms with E-state index >= 15 is 0 Å². The fourth-order valence-electron chi connectivity index (χ4n) is 4.74. The van der Waals surface area contributed by atoms with Crippen LogP contribution in [0.1, 0.15) is 47.7 Å². The number of benzene rings is 2. The molecule has 2 atom stereocenters. The molecule has 4 rings (SSSR count). The molecule has 2 aromatic carbocycles. The minimum Gasteiger partial charge on any atom is -0.368 e. The van der Waals surface area contributed by atoms with Crippen molar-refractivity contribution in [3.05, 3.63) is 81.1 Å². The molecule has 4 N–H and O–H groups in total. The van der Waals surface area contributed by atoms with Crippen LogP contribution in [0.3, 0.4) is 0 Å². The van der Waals surface area contributed by atoms with Crippen LogP contribution >= 0.6 is 23.2 Å². The smallest absolute Gasteiger partial charge is 0.251 e. The van der Waals surface area contributed by atoms with E-state index in [2.05, 4.69) is 39.2 Å². The molecule has 0 spiro atoms. The maximum absolute atomic E-state index is 12.6. The number of amides is 1. The second-order valence-corrected chi connectivity index (χ2v) is 10.5. The minimum absolute atomic E-state index is 0.0849. The molecule has 8 heteroatoms. The lowest BCUT2D eigenvalue weighted by atomic mass is 10.0. The number of carbonyl (C=O) groups excluding carboxylic acids is 1. The van der Waals surface area contributed by atoms with Crippen LogP contribution in [0.25, 0.3) is 0 Å². The van der Waals surface area contributed by atoms with Crippen LogP contribution in [0.5, 0.6) is 0 Å². The van der Waals surface area contributed by atoms with E-state index in [1.165, 1.54) is 25.1 Å². The lowest BCUT2D eigenvalue weighted by molar-refractivity contribution is 0.0954. The second-order valence-electron chi connectivity index (χ2n) is 9.70. The molecular weight excluding hydrogens is 493 g/mol. The largest absolute Gasteiger partial charge is 0.368 e. The van der Waals surface area contributed by atoms with Crippen molar-refractivity contribution in [3.8, 4) is 0 Å². The molecule has 2 aliphatic heterocycles. The molecule has 2 aromatic rings. The standard InChI is InChI=1S/C28H37Cl2N5O/c1-20-19-35(15-14-31-20)27(17-25-4-2-3-12-32-25)34-18-21-5-7-23(8-6-21)28(36)33-13-11-22-9-10-24(29)16-26(22)30/h5-10,16-17,20,25,31-32,34H,2-4,11-15,18-19H2,1H3,(H,33,36)/t20-,25?/m0/s1. The molecule has 194 valence electrons. The van der Waals surface area contributed by atoms with Gasteiger partial charge >= 0.3 is 0 Å². The number of piperazine rings is 1. The summed E-state index contributed by atoms with van der Waals surface area (Å²) in [5.41, 5.74) is 2.76. The lowest BCUT2D eigenvalue weighted by Gasteiger charge is -2.36. The molecule has 6 nitrogen and oxygen atoms in total. The number of rotatable bonds is 9. The van der Waals surface area contributed by atoms with Gasteiger partial charge in [0, 0.05) is 60.4 Å². The average Bonchev–Trinajstić information content (AvgIpc) is 2.88. The van der Waals surface area contributed by atoms with Gasteiger partial charge in [0.05, 0.1) is 5.82 Å². The Kier molecular flexibility index (Phi) is 9.93. The van der Waals surface area contributed by atoms with Gasteiger partial charge in [-0.15, -0.1) is 0 Å². The Labute approximate surface area is 224 Å². The van der Waals surface area contributed by atoms with Gasteiger partial charge in [-0.2, -0.15) is 0 Å². The Hall–Kier alpha value is -2.25. The Morgan fingerprint density at radius 3 is 2.64 bits per heavy atom. The van der Waals surface area contributed by atoms with Crippen molar-refractivity contribution in [1.29, 1.82) is 0 Å². The van der Waals surface area contributed by atoms with E-state index in [1.54, 1.807) is 6.07 Å². The minimum atomic E-state index is -0.0849. The van der Waals surface area contributed by atoms with Crippen LogP contribution < -0.4 is 21.3 Å². The predicted octanol–water partition coefficient (Wildman–Crippen LogP) is 4.33. The topological polar surface area (TPSA) is 68.4 Å². The molecular formula is C28H37Cl2N5O. The van der Waals surface area contributed by atoms with Gasteiger partial charge in [-0.1, -0.05) is 47.8 Å². The summed E-state index contributed by atoms with van der Waals surface area (Å²) in [6.45, 7) is 7.53. The first-order valence-corrected chi connectivity index (χ1v) is 13.7. The summed E-state index contributed by atoms with van der Waals surface area (Å²) in [6, 6.07) is 14.1. The van der Waals surface area contributed by atoms with Gasteiger partial charge in [0.15, 0.2) is 0 Å². The van der Waals surface area contributed by atoms with Gasteiger partial charge in [-0.3, -0.25) is 4.79 Å². The number of halogens is 2. The summed E-state index contributed by atoms with van der Waals surface area (Å²) in [7, 11) is 0. The van der Waals surface area contributed by atoms with Crippen molar-refractivity contribution in [2.75, 3.05) is 32.7 Å². The fraction of sp³-hybridized carbons (Fsp3) is 0.464. The number of hydrogen-bond acceptors (Lipinski definition) is 5. The number of carbonyl (C=O) groups is 1. The highest BCUT2D eigenvalue weighted by atomic mass is 35.5. The molecule has 36 heavy (non-hydrogen) atoms. The molecule has 2 heterocycles. The zero-order chi connectivity index (χ0) is 25.3. The number of hydrogen-bond donors (Lipinski definition) is 4. The van der Waals surface area contributed by atoms with E-state index in [0.29, 0.717) is 47.2 Å². The van der Waals surface area contributed by atoms with Crippen molar-refractivity contribution < 1.29 is 4.79 Å². The molecule has 0 saturated carbocycles. The van der Waals surface area contributed by atoms with Crippen LogP contribution in [0.2, 0.25) is 10.0 Å². The van der Waals surface area contributed by atoms with E-state index < -0.39 is 0 Å². The molecule has 1 unspecified atom stereocenters. The van der Waals surface area contributed by atoms with Crippen LogP contribution in [0, 0.1) is 0 Å². The van der Waals surface area contributed by atoms with Gasteiger partial charge in [0.2, 0.25) is 0 Å². The Balaban J connectivity index is 1.31. The second kappa shape index (κ2) is 13.3. The van der Waals surface area contributed by atoms with Crippen molar-refractivity contribution in [1.82, 2.24) is 26.2 Å². The Morgan fingerprint density at radius 1 is 1.08 bits per heavy atom. The van der Waals surface area contributed by atoms with Gasteiger partial charge in [-0.25, -0.2) is 0 Å². The monoisotopic (exact) mass is 529 g/mol. The van der Waals surface area contributed by atoms with E-state index in [-0.39, 0.29) is 5.91 Å². The summed E-state index contributed by atoms with van der Waals surface area (Å²) >= 11 is 12.2. The third kappa shape index (κ3) is 7.87. The number of nitrogens with one attached hydrogen (secondary N) is 4. The quantitative estimate of drug-likeness (QED) is 0.389. The van der Waals surface area contributed by atoms with Gasteiger partial charge in [0.1, 0.15) is 0 Å². The first kappa shape index (κ1) is 26.8. The Morgan fingerprint density at radius 2 is 1.92 bits per heavy atom. The van der Waals surface area contributed by atoms with E-state index in [0.717, 1.165) is 37.3 Å². The summed E-state index contributed by atoms with van der Waals surface area (Å²) in [5, 5.41) is 15.1. The Bertz CT molecular complexity index is 1040. The molecule has 2 saturated heterocycles. The first-order chi connectivity index (χ1) is 17.5. The summed E-state index contributed by atoms with van der Waals surface area (Å²) in [4.78, 5) is 15.1. The van der Waals surface area contributed by atoms with Gasteiger partial charge < -0.3 is 26.2 Å². The van der Waals surface area contributed by atoms with Crippen LogP contribution in [-0.2, 0) is 13.0 Å². The zero-order valence-electron chi connectivity index (χ0n) is 21.0. The zero-order valence-corrected chi connectivity index (χ0v) is 22.5. The summed E-state index contributed by atoms with van der Waals surface area (Å²) < 4.78 is 0. The van der Waals surface area contributed by atoms with Gasteiger partial charge in [-0.05, 0) is 74.2 Å².